The number of hydrogen-bond acceptors (Lipinski definition) is 5. The van der Waals surface area contributed by atoms with Crippen LogP contribution in [0.3, 0.4) is 0 Å². The Hall–Kier alpha value is -2.54. The molecule has 7 heteroatoms. The summed E-state index contributed by atoms with van der Waals surface area (Å²) in [6.07, 6.45) is 5.66. The molecule has 0 aromatic carbocycles. The van der Waals surface area contributed by atoms with Gasteiger partial charge in [0.2, 0.25) is 0 Å². The number of hydrogen-bond donors (Lipinski definition) is 2. The molecule has 2 aromatic heterocycles. The van der Waals surface area contributed by atoms with Gasteiger partial charge in [-0.05, 0) is 49.3 Å². The number of nitrogens with zero attached hydrogens (tertiary/aromatic N) is 2. The van der Waals surface area contributed by atoms with E-state index in [-0.39, 0.29) is 17.5 Å². The lowest BCUT2D eigenvalue weighted by Gasteiger charge is -2.34. The fourth-order valence-corrected chi connectivity index (χ4v) is 3.92. The van der Waals surface area contributed by atoms with Gasteiger partial charge >= 0.3 is 5.97 Å². The maximum absolute atomic E-state index is 12.7. The SMILES string of the molecule is COc1c(N2CCC[C@H](N)C2)ccn2c(=O)c(C(=O)O)cc(C3CC3)c12. The first-order valence-electron chi connectivity index (χ1n) is 9.01. The van der Waals surface area contributed by atoms with E-state index in [0.717, 1.165) is 50.0 Å². The van der Waals surface area contributed by atoms with Crippen LogP contribution in [0.25, 0.3) is 5.52 Å². The first kappa shape index (κ1) is 16.9. The number of piperidine rings is 1. The van der Waals surface area contributed by atoms with E-state index in [0.29, 0.717) is 11.3 Å². The normalized spacial score (nSPS) is 20.4. The van der Waals surface area contributed by atoms with E-state index in [4.69, 9.17) is 10.5 Å². The predicted octanol–water partition coefficient (Wildman–Crippen LogP) is 1.81. The third-order valence-electron chi connectivity index (χ3n) is 5.34. The summed E-state index contributed by atoms with van der Waals surface area (Å²) >= 11 is 0. The molecule has 1 aliphatic carbocycles. The van der Waals surface area contributed by atoms with Crippen LogP contribution in [0.1, 0.15) is 47.5 Å². The average Bonchev–Trinajstić information content (AvgIpc) is 3.46. The standard InChI is InChI=1S/C19H23N3O4/c1-26-17-15(21-7-2-3-12(20)10-21)6-8-22-16(17)13(11-4-5-11)9-14(18(22)23)19(24)25/h6,8-9,11-12H,2-5,7,10,20H2,1H3,(H,24,25)/t12-/m0/s1. The number of carboxylic acids is 1. The number of pyridine rings is 2. The van der Waals surface area contributed by atoms with E-state index >= 15 is 0 Å². The summed E-state index contributed by atoms with van der Waals surface area (Å²) < 4.78 is 7.15. The number of rotatable bonds is 4. The van der Waals surface area contributed by atoms with Crippen molar-refractivity contribution >= 4 is 17.2 Å². The number of aromatic nitrogens is 1. The van der Waals surface area contributed by atoms with Gasteiger partial charge in [-0.1, -0.05) is 0 Å². The van der Waals surface area contributed by atoms with Crippen molar-refractivity contribution in [2.45, 2.75) is 37.6 Å². The van der Waals surface area contributed by atoms with Crippen LogP contribution in [-0.4, -0.2) is 41.7 Å². The number of anilines is 1. The summed E-state index contributed by atoms with van der Waals surface area (Å²) in [5, 5.41) is 9.40. The van der Waals surface area contributed by atoms with Crippen molar-refractivity contribution in [3.8, 4) is 5.75 Å². The third-order valence-corrected chi connectivity index (χ3v) is 5.34. The Balaban J connectivity index is 1.97. The second kappa shape index (κ2) is 6.32. The topological polar surface area (TPSA) is 97.3 Å². The van der Waals surface area contributed by atoms with Crippen molar-refractivity contribution in [3.63, 3.8) is 0 Å². The number of methoxy groups -OCH3 is 1. The van der Waals surface area contributed by atoms with Crippen molar-refractivity contribution in [1.82, 2.24) is 4.40 Å². The number of nitrogens with two attached hydrogens (primary N) is 1. The molecular weight excluding hydrogens is 334 g/mol. The van der Waals surface area contributed by atoms with Gasteiger partial charge in [-0.15, -0.1) is 0 Å². The second-order valence-corrected chi connectivity index (χ2v) is 7.20. The number of ether oxygens (including phenoxy) is 1. The highest BCUT2D eigenvalue weighted by Crippen LogP contribution is 2.45. The van der Waals surface area contributed by atoms with Gasteiger partial charge in [0, 0.05) is 25.3 Å². The minimum Gasteiger partial charge on any atom is -0.492 e. The van der Waals surface area contributed by atoms with E-state index in [9.17, 15) is 14.7 Å². The molecule has 3 heterocycles. The zero-order chi connectivity index (χ0) is 18.4. The largest absolute Gasteiger partial charge is 0.492 e. The Morgan fingerprint density at radius 2 is 2.12 bits per heavy atom. The highest BCUT2D eigenvalue weighted by molar-refractivity contribution is 5.89. The molecular formula is C19H23N3O4. The Morgan fingerprint density at radius 3 is 2.73 bits per heavy atom. The van der Waals surface area contributed by atoms with Gasteiger partial charge in [0.25, 0.3) is 5.56 Å². The number of carbonyl (C=O) groups is 1. The molecule has 1 saturated heterocycles. The van der Waals surface area contributed by atoms with E-state index < -0.39 is 11.5 Å². The summed E-state index contributed by atoms with van der Waals surface area (Å²) in [7, 11) is 1.59. The van der Waals surface area contributed by atoms with Crippen LogP contribution in [-0.2, 0) is 0 Å². The lowest BCUT2D eigenvalue weighted by atomic mass is 10.0. The predicted molar refractivity (Wildman–Crippen MR) is 98.6 cm³/mol. The fraction of sp³-hybridized carbons (Fsp3) is 0.474. The molecule has 3 N–H and O–H groups in total. The lowest BCUT2D eigenvalue weighted by molar-refractivity contribution is 0.0694. The third kappa shape index (κ3) is 2.72. The molecule has 0 spiro atoms. The zero-order valence-corrected chi connectivity index (χ0v) is 14.8. The van der Waals surface area contributed by atoms with Crippen molar-refractivity contribution in [2.24, 2.45) is 5.73 Å². The molecule has 0 radical (unpaired) electrons. The average molecular weight is 357 g/mol. The van der Waals surface area contributed by atoms with Gasteiger partial charge < -0.3 is 20.5 Å². The summed E-state index contributed by atoms with van der Waals surface area (Å²) in [5.41, 5.74) is 7.87. The van der Waals surface area contributed by atoms with Gasteiger partial charge in [-0.25, -0.2) is 4.79 Å². The Bertz CT molecular complexity index is 933. The first-order valence-corrected chi connectivity index (χ1v) is 9.01. The number of aromatic carboxylic acids is 1. The minimum atomic E-state index is -1.20. The van der Waals surface area contributed by atoms with Crippen LogP contribution in [0.2, 0.25) is 0 Å². The molecule has 138 valence electrons. The number of carboxylic acid groups (broad SMARTS) is 1. The second-order valence-electron chi connectivity index (χ2n) is 7.20. The molecule has 2 fully saturated rings. The van der Waals surface area contributed by atoms with Gasteiger partial charge in [0.15, 0.2) is 5.75 Å². The zero-order valence-electron chi connectivity index (χ0n) is 14.8. The molecule has 2 aromatic rings. The van der Waals surface area contributed by atoms with Gasteiger partial charge in [0.1, 0.15) is 5.56 Å². The maximum Gasteiger partial charge on any atom is 0.341 e. The highest BCUT2D eigenvalue weighted by atomic mass is 16.5. The molecule has 26 heavy (non-hydrogen) atoms. The van der Waals surface area contributed by atoms with Crippen LogP contribution in [0, 0.1) is 0 Å². The minimum absolute atomic E-state index is 0.115. The molecule has 2 aliphatic rings. The van der Waals surface area contributed by atoms with Crippen LogP contribution in [0.4, 0.5) is 5.69 Å². The Kier molecular flexibility index (Phi) is 4.11. The number of fused-ring (bicyclic) bond motifs is 1. The molecule has 1 saturated carbocycles. The summed E-state index contributed by atoms with van der Waals surface area (Å²) in [6, 6.07) is 3.48. The molecule has 1 atom stereocenters. The van der Waals surface area contributed by atoms with E-state index in [1.807, 2.05) is 6.07 Å². The highest BCUT2D eigenvalue weighted by Gasteiger charge is 2.31. The van der Waals surface area contributed by atoms with E-state index in [1.54, 1.807) is 13.3 Å². The van der Waals surface area contributed by atoms with Gasteiger partial charge in [-0.2, -0.15) is 0 Å². The van der Waals surface area contributed by atoms with Gasteiger partial charge in [-0.3, -0.25) is 9.20 Å². The summed E-state index contributed by atoms with van der Waals surface area (Å²) in [5.74, 6) is -0.301. The molecule has 0 unspecified atom stereocenters. The first-order chi connectivity index (χ1) is 12.5. The molecule has 4 rings (SSSR count). The molecule has 1 aliphatic heterocycles. The molecule has 0 bridgehead atoms. The van der Waals surface area contributed by atoms with Crippen LogP contribution >= 0.6 is 0 Å². The monoisotopic (exact) mass is 357 g/mol. The molecule has 7 nitrogen and oxygen atoms in total. The van der Waals surface area contributed by atoms with Crippen LogP contribution < -0.4 is 20.9 Å². The van der Waals surface area contributed by atoms with Crippen molar-refractivity contribution in [3.05, 3.63) is 39.8 Å². The maximum atomic E-state index is 12.7. The summed E-state index contributed by atoms with van der Waals surface area (Å²) in [4.78, 5) is 26.4. The lowest BCUT2D eigenvalue weighted by Crippen LogP contribution is -2.43. The van der Waals surface area contributed by atoms with Gasteiger partial charge in [0.05, 0.1) is 18.3 Å². The molecule has 0 amide bonds. The quantitative estimate of drug-likeness (QED) is 0.866. The van der Waals surface area contributed by atoms with Crippen LogP contribution in [0.15, 0.2) is 23.1 Å². The van der Waals surface area contributed by atoms with Crippen molar-refractivity contribution in [2.75, 3.05) is 25.1 Å². The van der Waals surface area contributed by atoms with Crippen molar-refractivity contribution in [1.29, 1.82) is 0 Å². The van der Waals surface area contributed by atoms with E-state index in [2.05, 4.69) is 4.90 Å². The van der Waals surface area contributed by atoms with Crippen LogP contribution in [0.5, 0.6) is 5.75 Å². The Morgan fingerprint density at radius 1 is 1.35 bits per heavy atom. The smallest absolute Gasteiger partial charge is 0.341 e. The fourth-order valence-electron chi connectivity index (χ4n) is 3.92. The Labute approximate surface area is 151 Å². The van der Waals surface area contributed by atoms with E-state index in [1.165, 1.54) is 10.5 Å². The van der Waals surface area contributed by atoms with Crippen molar-refractivity contribution < 1.29 is 14.6 Å². The summed E-state index contributed by atoms with van der Waals surface area (Å²) in [6.45, 7) is 1.62.